The summed E-state index contributed by atoms with van der Waals surface area (Å²) in [5.41, 5.74) is 1.38. The zero-order valence-electron chi connectivity index (χ0n) is 19.4. The van der Waals surface area contributed by atoms with E-state index in [1.54, 1.807) is 13.3 Å². The minimum absolute atomic E-state index is 0.0648. The monoisotopic (exact) mass is 511 g/mol. The molecule has 0 N–H and O–H groups in total. The van der Waals surface area contributed by atoms with Gasteiger partial charge in [0.15, 0.2) is 11.5 Å². The van der Waals surface area contributed by atoms with Crippen molar-refractivity contribution >= 4 is 33.0 Å². The Labute approximate surface area is 202 Å². The van der Waals surface area contributed by atoms with Crippen molar-refractivity contribution in [3.63, 3.8) is 0 Å². The van der Waals surface area contributed by atoms with Crippen LogP contribution in [0.5, 0.6) is 11.5 Å². The fourth-order valence-electron chi connectivity index (χ4n) is 4.22. The quantitative estimate of drug-likeness (QED) is 0.350. The van der Waals surface area contributed by atoms with Crippen LogP contribution in [-0.2, 0) is 0 Å². The van der Waals surface area contributed by atoms with E-state index in [9.17, 15) is 4.79 Å². The first kappa shape index (κ1) is 23.5. The number of fused-ring (bicyclic) bond motifs is 1. The number of nitrogens with zero attached hydrogens (tertiary/aromatic N) is 3. The lowest BCUT2D eigenvalue weighted by Crippen LogP contribution is -2.25. The second kappa shape index (κ2) is 10.5. The lowest BCUT2D eigenvalue weighted by molar-refractivity contribution is 0.206. The highest BCUT2D eigenvalue weighted by Crippen LogP contribution is 2.37. The summed E-state index contributed by atoms with van der Waals surface area (Å²) in [7, 11) is 1.62. The molecule has 7 heteroatoms. The molecule has 0 spiro atoms. The molecule has 1 heterocycles. The van der Waals surface area contributed by atoms with Crippen LogP contribution in [0.3, 0.4) is 0 Å². The molecule has 174 valence electrons. The van der Waals surface area contributed by atoms with Crippen molar-refractivity contribution in [2.75, 3.05) is 7.11 Å². The number of benzene rings is 2. The van der Waals surface area contributed by atoms with E-state index in [0.29, 0.717) is 16.9 Å². The van der Waals surface area contributed by atoms with Crippen LogP contribution in [0, 0.1) is 0 Å². The number of hydrogen-bond donors (Lipinski definition) is 0. The van der Waals surface area contributed by atoms with E-state index in [-0.39, 0.29) is 17.6 Å². The maximum atomic E-state index is 13.4. The third-order valence-electron chi connectivity index (χ3n) is 6.22. The van der Waals surface area contributed by atoms with Crippen molar-refractivity contribution < 1.29 is 9.47 Å². The number of halogens is 1. The zero-order valence-corrected chi connectivity index (χ0v) is 21.0. The number of hydrogen-bond acceptors (Lipinski definition) is 5. The molecule has 0 unspecified atom stereocenters. The molecule has 1 atom stereocenters. The van der Waals surface area contributed by atoms with E-state index in [2.05, 4.69) is 28.0 Å². The van der Waals surface area contributed by atoms with Gasteiger partial charge < -0.3 is 9.47 Å². The Morgan fingerprint density at radius 1 is 1.24 bits per heavy atom. The van der Waals surface area contributed by atoms with Gasteiger partial charge >= 0.3 is 0 Å². The molecule has 33 heavy (non-hydrogen) atoms. The molecular weight excluding hydrogens is 482 g/mol. The van der Waals surface area contributed by atoms with E-state index >= 15 is 0 Å². The Morgan fingerprint density at radius 2 is 2.00 bits per heavy atom. The summed E-state index contributed by atoms with van der Waals surface area (Å²) in [6.45, 7) is 4.10. The van der Waals surface area contributed by atoms with Gasteiger partial charge in [0, 0.05) is 5.92 Å². The number of aromatic nitrogens is 2. The van der Waals surface area contributed by atoms with Crippen LogP contribution in [0.25, 0.3) is 10.9 Å². The van der Waals surface area contributed by atoms with Gasteiger partial charge in [-0.1, -0.05) is 38.3 Å². The fourth-order valence-corrected chi connectivity index (χ4v) is 4.77. The molecular formula is C26H30BrN3O3. The molecule has 1 aliphatic rings. The standard InChI is InChI=1S/C26H30BrN3O3/c1-4-17(2)33-24-21(27)14-18(15-23(24)32-3)16-28-30-25(19-10-6-5-7-11-19)29-22-13-9-8-12-20(22)26(30)31/h8-9,12-17,19H,4-7,10-11H2,1-3H3/t17-/m0/s1. The molecule has 0 radical (unpaired) electrons. The van der Waals surface area contributed by atoms with E-state index in [1.807, 2.05) is 43.3 Å². The summed E-state index contributed by atoms with van der Waals surface area (Å²) in [6, 6.07) is 11.3. The van der Waals surface area contributed by atoms with E-state index < -0.39 is 0 Å². The molecule has 0 amide bonds. The molecule has 1 aromatic heterocycles. The van der Waals surface area contributed by atoms with Gasteiger partial charge in [0.1, 0.15) is 5.82 Å². The third kappa shape index (κ3) is 5.13. The van der Waals surface area contributed by atoms with Gasteiger partial charge in [-0.15, -0.1) is 0 Å². The summed E-state index contributed by atoms with van der Waals surface area (Å²) < 4.78 is 13.9. The van der Waals surface area contributed by atoms with Gasteiger partial charge in [0.2, 0.25) is 0 Å². The van der Waals surface area contributed by atoms with Gasteiger partial charge in [0.25, 0.3) is 5.56 Å². The number of rotatable bonds is 7. The van der Waals surface area contributed by atoms with Crippen molar-refractivity contribution in [2.45, 2.75) is 64.4 Å². The third-order valence-corrected chi connectivity index (χ3v) is 6.81. The van der Waals surface area contributed by atoms with Crippen LogP contribution in [0.15, 0.2) is 50.8 Å². The molecule has 1 fully saturated rings. The molecule has 2 aromatic carbocycles. The van der Waals surface area contributed by atoms with Gasteiger partial charge in [-0.2, -0.15) is 9.78 Å². The van der Waals surface area contributed by atoms with Crippen LogP contribution in [0.4, 0.5) is 0 Å². The maximum Gasteiger partial charge on any atom is 0.282 e. The first-order valence-corrected chi connectivity index (χ1v) is 12.4. The number of methoxy groups -OCH3 is 1. The Bertz CT molecular complexity index is 1220. The average molecular weight is 512 g/mol. The van der Waals surface area contributed by atoms with Crippen LogP contribution in [-0.4, -0.2) is 29.1 Å². The van der Waals surface area contributed by atoms with Crippen molar-refractivity contribution in [1.29, 1.82) is 0 Å². The highest BCUT2D eigenvalue weighted by atomic mass is 79.9. The molecule has 0 aliphatic heterocycles. The average Bonchev–Trinajstić information content (AvgIpc) is 2.85. The van der Waals surface area contributed by atoms with Crippen molar-refractivity contribution in [2.24, 2.45) is 5.10 Å². The molecule has 0 bridgehead atoms. The van der Waals surface area contributed by atoms with Gasteiger partial charge in [-0.05, 0) is 71.9 Å². The molecule has 4 rings (SSSR count). The molecule has 0 saturated heterocycles. The Kier molecular flexibility index (Phi) is 7.48. The Morgan fingerprint density at radius 3 is 2.73 bits per heavy atom. The molecule has 1 aliphatic carbocycles. The summed E-state index contributed by atoms with van der Waals surface area (Å²) >= 11 is 3.60. The van der Waals surface area contributed by atoms with E-state index in [4.69, 9.17) is 14.5 Å². The SMILES string of the molecule is CC[C@H](C)Oc1c(Br)cc(C=Nn2c(C3CCCCC3)nc3ccccc3c2=O)cc1OC. The minimum atomic E-state index is -0.139. The summed E-state index contributed by atoms with van der Waals surface area (Å²) in [4.78, 5) is 18.2. The molecule has 3 aromatic rings. The topological polar surface area (TPSA) is 65.7 Å². The van der Waals surface area contributed by atoms with Gasteiger partial charge in [0.05, 0.1) is 34.8 Å². The predicted molar refractivity (Wildman–Crippen MR) is 136 cm³/mol. The van der Waals surface area contributed by atoms with Gasteiger partial charge in [-0.3, -0.25) is 4.79 Å². The van der Waals surface area contributed by atoms with Crippen molar-refractivity contribution in [3.8, 4) is 11.5 Å². The lowest BCUT2D eigenvalue weighted by atomic mass is 9.88. The largest absolute Gasteiger partial charge is 0.493 e. The summed E-state index contributed by atoms with van der Waals surface area (Å²) in [5, 5.41) is 5.20. The first-order chi connectivity index (χ1) is 16.0. The molecule has 6 nitrogen and oxygen atoms in total. The Hall–Kier alpha value is -2.67. The highest BCUT2D eigenvalue weighted by molar-refractivity contribution is 9.10. The summed E-state index contributed by atoms with van der Waals surface area (Å²) in [5.74, 6) is 2.26. The Balaban J connectivity index is 1.76. The first-order valence-electron chi connectivity index (χ1n) is 11.6. The predicted octanol–water partition coefficient (Wildman–Crippen LogP) is 6.27. The normalized spacial score (nSPS) is 15.8. The van der Waals surface area contributed by atoms with Crippen LogP contribution >= 0.6 is 15.9 Å². The summed E-state index contributed by atoms with van der Waals surface area (Å²) in [6.07, 6.45) is 8.23. The number of ether oxygens (including phenoxy) is 2. The minimum Gasteiger partial charge on any atom is -0.493 e. The van der Waals surface area contributed by atoms with Crippen molar-refractivity contribution in [1.82, 2.24) is 9.66 Å². The van der Waals surface area contributed by atoms with E-state index in [0.717, 1.165) is 53.5 Å². The smallest absolute Gasteiger partial charge is 0.282 e. The molecule has 1 saturated carbocycles. The highest BCUT2D eigenvalue weighted by Gasteiger charge is 2.22. The zero-order chi connectivity index (χ0) is 23.4. The maximum absolute atomic E-state index is 13.4. The second-order valence-electron chi connectivity index (χ2n) is 8.55. The van der Waals surface area contributed by atoms with Crippen LogP contribution in [0.2, 0.25) is 0 Å². The second-order valence-corrected chi connectivity index (χ2v) is 9.41. The lowest BCUT2D eigenvalue weighted by Gasteiger charge is -2.22. The fraction of sp³-hybridized carbons (Fsp3) is 0.423. The van der Waals surface area contributed by atoms with Crippen LogP contribution < -0.4 is 15.0 Å². The van der Waals surface area contributed by atoms with Crippen LogP contribution in [0.1, 0.15) is 69.7 Å². The van der Waals surface area contributed by atoms with Gasteiger partial charge in [-0.25, -0.2) is 4.98 Å². The number of para-hydroxylation sites is 1. The van der Waals surface area contributed by atoms with Crippen molar-refractivity contribution in [3.05, 3.63) is 62.6 Å². The van der Waals surface area contributed by atoms with E-state index in [1.165, 1.54) is 11.1 Å².